The van der Waals surface area contributed by atoms with Gasteiger partial charge >= 0.3 is 6.03 Å². The van der Waals surface area contributed by atoms with Crippen LogP contribution in [0.3, 0.4) is 0 Å². The van der Waals surface area contributed by atoms with Crippen molar-refractivity contribution in [2.24, 2.45) is 5.41 Å². The molecule has 1 saturated carbocycles. The van der Waals surface area contributed by atoms with Gasteiger partial charge in [0.05, 0.1) is 12.1 Å². The van der Waals surface area contributed by atoms with Gasteiger partial charge in [0.2, 0.25) is 0 Å². The van der Waals surface area contributed by atoms with Crippen LogP contribution in [0, 0.1) is 17.0 Å². The van der Waals surface area contributed by atoms with Crippen LogP contribution in [0.2, 0.25) is 0 Å². The highest BCUT2D eigenvalue weighted by molar-refractivity contribution is 6.12. The molecule has 2 atom stereocenters. The zero-order chi connectivity index (χ0) is 19.9. The van der Waals surface area contributed by atoms with Crippen molar-refractivity contribution in [1.82, 2.24) is 10.6 Å². The largest absolute Gasteiger partial charge is 0.330 e. The fourth-order valence-electron chi connectivity index (χ4n) is 4.32. The van der Waals surface area contributed by atoms with E-state index < -0.39 is 35.2 Å². The summed E-state index contributed by atoms with van der Waals surface area (Å²) in [5.41, 5.74) is -0.652. The number of urea groups is 1. The zero-order valence-electron chi connectivity index (χ0n) is 14.9. The van der Waals surface area contributed by atoms with Gasteiger partial charge in [-0.2, -0.15) is 0 Å². The number of ketones is 2. The molecule has 2 aromatic rings. The Morgan fingerprint density at radius 2 is 1.11 bits per heavy atom. The number of hydrogen-bond donors (Lipinski definition) is 2. The predicted octanol–water partition coefficient (Wildman–Crippen LogP) is 3.37. The van der Waals surface area contributed by atoms with E-state index in [9.17, 15) is 23.2 Å². The van der Waals surface area contributed by atoms with Crippen molar-refractivity contribution in [3.05, 3.63) is 71.3 Å². The van der Waals surface area contributed by atoms with Gasteiger partial charge in [-0.05, 0) is 41.8 Å². The van der Waals surface area contributed by atoms with Crippen molar-refractivity contribution < 1.29 is 23.2 Å². The molecule has 7 heteroatoms. The molecule has 1 aliphatic carbocycles. The molecular weight excluding hydrogens is 366 g/mol. The quantitative estimate of drug-likeness (QED) is 0.780. The van der Waals surface area contributed by atoms with Gasteiger partial charge in [-0.3, -0.25) is 9.59 Å². The van der Waals surface area contributed by atoms with Crippen LogP contribution in [0.4, 0.5) is 13.6 Å². The third kappa shape index (κ3) is 2.78. The van der Waals surface area contributed by atoms with Crippen LogP contribution in [0.25, 0.3) is 0 Å². The molecule has 2 fully saturated rings. The molecule has 28 heavy (non-hydrogen) atoms. The molecule has 4 rings (SSSR count). The number of hydrogen-bond acceptors (Lipinski definition) is 3. The predicted molar refractivity (Wildman–Crippen MR) is 96.2 cm³/mol. The summed E-state index contributed by atoms with van der Waals surface area (Å²) in [6.07, 6.45) is 0.830. The first-order chi connectivity index (χ1) is 13.4. The molecule has 0 aromatic heterocycles. The van der Waals surface area contributed by atoms with Crippen molar-refractivity contribution in [2.45, 2.75) is 31.3 Å². The van der Waals surface area contributed by atoms with E-state index in [0.717, 1.165) is 0 Å². The minimum absolute atomic E-state index is 0.193. The van der Waals surface area contributed by atoms with Gasteiger partial charge < -0.3 is 10.6 Å². The first kappa shape index (κ1) is 18.3. The summed E-state index contributed by atoms with van der Waals surface area (Å²) in [4.78, 5) is 38.9. The van der Waals surface area contributed by atoms with E-state index in [1.165, 1.54) is 48.5 Å². The second-order valence-corrected chi connectivity index (χ2v) is 7.16. The number of amides is 2. The lowest BCUT2D eigenvalue weighted by molar-refractivity contribution is -0.149. The minimum atomic E-state index is -1.58. The molecule has 0 bridgehead atoms. The number of carbonyl (C=O) groups is 3. The van der Waals surface area contributed by atoms with Gasteiger partial charge in [-0.1, -0.05) is 24.3 Å². The number of Topliss-reactive ketones (excluding diaryl/α,β-unsaturated/α-hetero) is 2. The molecule has 144 valence electrons. The number of nitrogens with one attached hydrogen (secondary N) is 2. The topological polar surface area (TPSA) is 75.3 Å². The van der Waals surface area contributed by atoms with Crippen molar-refractivity contribution in [2.75, 3.05) is 0 Å². The van der Waals surface area contributed by atoms with Crippen molar-refractivity contribution >= 4 is 17.6 Å². The van der Waals surface area contributed by atoms with E-state index in [2.05, 4.69) is 10.6 Å². The second-order valence-electron chi connectivity index (χ2n) is 7.16. The lowest BCUT2D eigenvalue weighted by Gasteiger charge is -2.49. The van der Waals surface area contributed by atoms with Crippen LogP contribution in [0.15, 0.2) is 48.5 Å². The Morgan fingerprint density at radius 1 is 0.714 bits per heavy atom. The van der Waals surface area contributed by atoms with Crippen molar-refractivity contribution in [1.29, 1.82) is 0 Å². The Kier molecular flexibility index (Phi) is 4.45. The van der Waals surface area contributed by atoms with Crippen LogP contribution in [0.1, 0.15) is 42.5 Å². The van der Waals surface area contributed by atoms with E-state index >= 15 is 0 Å². The summed E-state index contributed by atoms with van der Waals surface area (Å²) in [6.45, 7) is 0. The SMILES string of the molecule is O=C1N[C@H](c2ccc(F)cc2)C2(C(=O)CCCC2=O)[C@H](c2ccc(F)cc2)N1. The lowest BCUT2D eigenvalue weighted by Crippen LogP contribution is -2.65. The van der Waals surface area contributed by atoms with E-state index in [1.807, 2.05) is 0 Å². The van der Waals surface area contributed by atoms with Crippen LogP contribution in [-0.4, -0.2) is 17.6 Å². The number of rotatable bonds is 2. The lowest BCUT2D eigenvalue weighted by atomic mass is 9.59. The van der Waals surface area contributed by atoms with E-state index in [1.54, 1.807) is 0 Å². The summed E-state index contributed by atoms with van der Waals surface area (Å²) < 4.78 is 26.9. The molecule has 2 aliphatic rings. The summed E-state index contributed by atoms with van der Waals surface area (Å²) in [6, 6.07) is 8.30. The molecule has 2 N–H and O–H groups in total. The standard InChI is InChI=1S/C21H18F2N2O3/c22-14-8-4-12(5-9-14)18-21(16(26)2-1-3-17(21)27)19(25-20(28)24-18)13-6-10-15(23)11-7-13/h4-11,18-19H,1-3H2,(H2,24,25,28)/t18-,19+. The molecule has 0 radical (unpaired) electrons. The van der Waals surface area contributed by atoms with Gasteiger partial charge in [-0.15, -0.1) is 0 Å². The molecule has 2 aromatic carbocycles. The molecule has 5 nitrogen and oxygen atoms in total. The van der Waals surface area contributed by atoms with Crippen molar-refractivity contribution in [3.8, 4) is 0 Å². The number of halogens is 2. The van der Waals surface area contributed by atoms with Crippen LogP contribution in [0.5, 0.6) is 0 Å². The van der Waals surface area contributed by atoms with E-state index in [0.29, 0.717) is 17.5 Å². The maximum absolute atomic E-state index is 13.4. The van der Waals surface area contributed by atoms with Gasteiger partial charge in [0.15, 0.2) is 11.6 Å². The van der Waals surface area contributed by atoms with Gasteiger partial charge in [0.25, 0.3) is 0 Å². The van der Waals surface area contributed by atoms with Crippen LogP contribution >= 0.6 is 0 Å². The summed E-state index contributed by atoms with van der Waals surface area (Å²) in [5.74, 6) is -1.51. The Labute approximate surface area is 160 Å². The van der Waals surface area contributed by atoms with E-state index in [-0.39, 0.29) is 24.4 Å². The fraction of sp³-hybridized carbons (Fsp3) is 0.286. The highest BCUT2D eigenvalue weighted by atomic mass is 19.1. The summed E-state index contributed by atoms with van der Waals surface area (Å²) >= 11 is 0. The fourth-order valence-corrected chi connectivity index (χ4v) is 4.32. The number of carbonyl (C=O) groups excluding carboxylic acids is 3. The van der Waals surface area contributed by atoms with Gasteiger partial charge in [0, 0.05) is 12.8 Å². The molecule has 1 spiro atoms. The normalized spacial score (nSPS) is 24.0. The first-order valence-electron chi connectivity index (χ1n) is 9.07. The average Bonchev–Trinajstić information content (AvgIpc) is 2.67. The Morgan fingerprint density at radius 3 is 1.50 bits per heavy atom. The third-order valence-corrected chi connectivity index (χ3v) is 5.60. The molecule has 1 heterocycles. The van der Waals surface area contributed by atoms with E-state index in [4.69, 9.17) is 0 Å². The Hall–Kier alpha value is -3.09. The maximum atomic E-state index is 13.4. The maximum Gasteiger partial charge on any atom is 0.315 e. The summed E-state index contributed by atoms with van der Waals surface area (Å²) in [7, 11) is 0. The monoisotopic (exact) mass is 384 g/mol. The third-order valence-electron chi connectivity index (χ3n) is 5.60. The van der Waals surface area contributed by atoms with Crippen LogP contribution in [-0.2, 0) is 9.59 Å². The highest BCUT2D eigenvalue weighted by Gasteiger charge is 2.61. The second kappa shape index (κ2) is 6.82. The average molecular weight is 384 g/mol. The first-order valence-corrected chi connectivity index (χ1v) is 9.07. The Bertz CT molecular complexity index is 866. The molecule has 1 saturated heterocycles. The number of benzene rings is 2. The highest BCUT2D eigenvalue weighted by Crippen LogP contribution is 2.51. The van der Waals surface area contributed by atoms with Gasteiger partial charge in [-0.25, -0.2) is 13.6 Å². The molecule has 1 aliphatic heterocycles. The Balaban J connectivity index is 1.92. The minimum Gasteiger partial charge on any atom is -0.330 e. The van der Waals surface area contributed by atoms with Crippen molar-refractivity contribution in [3.63, 3.8) is 0 Å². The molecular formula is C21H18F2N2O3. The van der Waals surface area contributed by atoms with Gasteiger partial charge in [0.1, 0.15) is 17.0 Å². The zero-order valence-corrected chi connectivity index (χ0v) is 14.9. The van der Waals surface area contributed by atoms with Crippen LogP contribution < -0.4 is 10.6 Å². The molecule has 2 amide bonds. The molecule has 0 unspecified atom stereocenters. The smallest absolute Gasteiger partial charge is 0.315 e. The summed E-state index contributed by atoms with van der Waals surface area (Å²) in [5, 5.41) is 5.39.